The Morgan fingerprint density at radius 1 is 1.37 bits per heavy atom. The minimum Gasteiger partial charge on any atom is -0.364 e. The van der Waals surface area contributed by atoms with E-state index in [1.165, 1.54) is 4.31 Å². The van der Waals surface area contributed by atoms with E-state index < -0.39 is 10.0 Å². The van der Waals surface area contributed by atoms with Gasteiger partial charge in [-0.15, -0.1) is 24.0 Å². The molecular weight excluding hydrogens is 483 g/mol. The standard InChI is InChI=1S/C16H30N6O3S.HI/c1-4-26(23,24)20(3)8-5-7-18-16(17-2)22-11-9-21(10-12-22)14-15-6-13-25-19-15;/h6,13H,4-5,7-12,14H2,1-3H3,(H,17,18);1H. The highest BCUT2D eigenvalue weighted by Gasteiger charge is 2.20. The number of aromatic nitrogens is 1. The van der Waals surface area contributed by atoms with Crippen molar-refractivity contribution < 1.29 is 12.9 Å². The van der Waals surface area contributed by atoms with Crippen LogP contribution in [0, 0.1) is 0 Å². The third kappa shape index (κ3) is 7.54. The van der Waals surface area contributed by atoms with Gasteiger partial charge in [-0.2, -0.15) is 0 Å². The van der Waals surface area contributed by atoms with Crippen LogP contribution in [0.5, 0.6) is 0 Å². The Morgan fingerprint density at radius 2 is 2.07 bits per heavy atom. The first-order valence-electron chi connectivity index (χ1n) is 8.97. The first-order valence-corrected chi connectivity index (χ1v) is 10.6. The number of aliphatic imine (C=N–C) groups is 1. The van der Waals surface area contributed by atoms with Crippen molar-refractivity contribution in [2.45, 2.75) is 19.9 Å². The largest absolute Gasteiger partial charge is 0.364 e. The summed E-state index contributed by atoms with van der Waals surface area (Å²) in [6.45, 7) is 7.31. The number of hydrogen-bond donors (Lipinski definition) is 1. The van der Waals surface area contributed by atoms with Crippen molar-refractivity contribution in [3.05, 3.63) is 18.0 Å². The maximum absolute atomic E-state index is 11.7. The number of guanidine groups is 1. The topological polar surface area (TPSA) is 94.3 Å². The van der Waals surface area contributed by atoms with Crippen LogP contribution in [0.1, 0.15) is 19.0 Å². The lowest BCUT2D eigenvalue weighted by atomic mass is 10.3. The summed E-state index contributed by atoms with van der Waals surface area (Å²) in [6, 6.07) is 1.89. The highest BCUT2D eigenvalue weighted by atomic mass is 127. The van der Waals surface area contributed by atoms with Gasteiger partial charge in [0.15, 0.2) is 5.96 Å². The van der Waals surface area contributed by atoms with Gasteiger partial charge in [0.2, 0.25) is 10.0 Å². The summed E-state index contributed by atoms with van der Waals surface area (Å²) in [6.07, 6.45) is 2.33. The minimum absolute atomic E-state index is 0. The lowest BCUT2D eigenvalue weighted by molar-refractivity contribution is 0.169. The molecule has 0 atom stereocenters. The summed E-state index contributed by atoms with van der Waals surface area (Å²) in [4.78, 5) is 8.92. The molecule has 1 aromatic rings. The molecule has 0 radical (unpaired) electrons. The molecule has 156 valence electrons. The number of nitrogens with one attached hydrogen (secondary N) is 1. The summed E-state index contributed by atoms with van der Waals surface area (Å²) in [5.41, 5.74) is 0.951. The number of piperazine rings is 1. The quantitative estimate of drug-likeness (QED) is 0.236. The van der Waals surface area contributed by atoms with Gasteiger partial charge in [-0.1, -0.05) is 5.16 Å². The maximum Gasteiger partial charge on any atom is 0.213 e. The second kappa shape index (κ2) is 11.8. The van der Waals surface area contributed by atoms with E-state index in [4.69, 9.17) is 4.52 Å². The molecule has 9 nitrogen and oxygen atoms in total. The van der Waals surface area contributed by atoms with Gasteiger partial charge in [0.1, 0.15) is 6.26 Å². The molecule has 0 amide bonds. The molecule has 0 saturated carbocycles. The van der Waals surface area contributed by atoms with E-state index in [1.807, 2.05) is 6.07 Å². The van der Waals surface area contributed by atoms with Crippen molar-refractivity contribution in [3.8, 4) is 0 Å². The van der Waals surface area contributed by atoms with Crippen LogP contribution < -0.4 is 5.32 Å². The number of sulfonamides is 1. The Morgan fingerprint density at radius 3 is 2.63 bits per heavy atom. The zero-order valence-corrected chi connectivity index (χ0v) is 19.4. The SMILES string of the molecule is CCS(=O)(=O)N(C)CCCNC(=NC)N1CCN(Cc2ccon2)CC1.I. The van der Waals surface area contributed by atoms with Crippen molar-refractivity contribution in [1.29, 1.82) is 0 Å². The molecule has 1 fully saturated rings. The molecule has 0 aliphatic carbocycles. The molecule has 1 saturated heterocycles. The summed E-state index contributed by atoms with van der Waals surface area (Å²) in [5.74, 6) is 1.00. The molecule has 2 heterocycles. The Balaban J connectivity index is 0.00000364. The Kier molecular flexibility index (Phi) is 10.6. The van der Waals surface area contributed by atoms with E-state index in [2.05, 4.69) is 25.3 Å². The number of halogens is 1. The molecule has 0 spiro atoms. The average Bonchev–Trinajstić information content (AvgIpc) is 3.15. The summed E-state index contributed by atoms with van der Waals surface area (Å²) >= 11 is 0. The fraction of sp³-hybridized carbons (Fsp3) is 0.750. The molecule has 11 heteroatoms. The van der Waals surface area contributed by atoms with Crippen molar-refractivity contribution in [2.24, 2.45) is 4.99 Å². The molecule has 0 unspecified atom stereocenters. The van der Waals surface area contributed by atoms with E-state index in [9.17, 15) is 8.42 Å². The molecule has 0 aromatic carbocycles. The predicted octanol–water partition coefficient (Wildman–Crippen LogP) is 0.657. The van der Waals surface area contributed by atoms with Gasteiger partial charge in [0.25, 0.3) is 0 Å². The van der Waals surface area contributed by atoms with Gasteiger partial charge in [-0.05, 0) is 13.3 Å². The van der Waals surface area contributed by atoms with Crippen LogP contribution in [0.15, 0.2) is 21.8 Å². The zero-order valence-electron chi connectivity index (χ0n) is 16.3. The summed E-state index contributed by atoms with van der Waals surface area (Å²) in [7, 11) is 0.297. The van der Waals surface area contributed by atoms with E-state index >= 15 is 0 Å². The monoisotopic (exact) mass is 514 g/mol. The molecule has 1 aliphatic rings. The normalized spacial score (nSPS) is 16.4. The molecule has 27 heavy (non-hydrogen) atoms. The predicted molar refractivity (Wildman–Crippen MR) is 117 cm³/mol. The fourth-order valence-electron chi connectivity index (χ4n) is 2.86. The van der Waals surface area contributed by atoms with Gasteiger partial charge >= 0.3 is 0 Å². The van der Waals surface area contributed by atoms with Gasteiger partial charge in [-0.25, -0.2) is 12.7 Å². The third-order valence-corrected chi connectivity index (χ3v) is 6.39. The van der Waals surface area contributed by atoms with Gasteiger partial charge in [0, 0.05) is 66.0 Å². The van der Waals surface area contributed by atoms with E-state index in [0.29, 0.717) is 13.1 Å². The zero-order chi connectivity index (χ0) is 19.0. The van der Waals surface area contributed by atoms with Gasteiger partial charge < -0.3 is 14.7 Å². The second-order valence-electron chi connectivity index (χ2n) is 6.30. The van der Waals surface area contributed by atoms with Crippen LogP contribution >= 0.6 is 24.0 Å². The van der Waals surface area contributed by atoms with E-state index in [0.717, 1.165) is 50.8 Å². The van der Waals surface area contributed by atoms with E-state index in [-0.39, 0.29) is 29.7 Å². The molecule has 0 bridgehead atoms. The second-order valence-corrected chi connectivity index (χ2v) is 8.67. The van der Waals surface area contributed by atoms with Crippen molar-refractivity contribution >= 4 is 40.0 Å². The average molecular weight is 514 g/mol. The number of rotatable bonds is 8. The van der Waals surface area contributed by atoms with Crippen LogP contribution in [-0.4, -0.2) is 92.8 Å². The van der Waals surface area contributed by atoms with E-state index in [1.54, 1.807) is 27.3 Å². The number of hydrogen-bond acceptors (Lipinski definition) is 6. The summed E-state index contributed by atoms with van der Waals surface area (Å²) in [5, 5.41) is 7.29. The first kappa shape index (κ1) is 24.1. The maximum atomic E-state index is 11.7. The Hall–Kier alpha value is -0.920. The lowest BCUT2D eigenvalue weighted by Gasteiger charge is -2.36. The van der Waals surface area contributed by atoms with Gasteiger partial charge in [-0.3, -0.25) is 9.89 Å². The number of nitrogens with zero attached hydrogens (tertiary/aromatic N) is 5. The summed E-state index contributed by atoms with van der Waals surface area (Å²) < 4.78 is 29.8. The molecule has 1 aromatic heterocycles. The van der Waals surface area contributed by atoms with Crippen molar-refractivity contribution in [1.82, 2.24) is 24.6 Å². The van der Waals surface area contributed by atoms with Gasteiger partial charge in [0.05, 0.1) is 11.4 Å². The first-order chi connectivity index (χ1) is 12.5. The van der Waals surface area contributed by atoms with Crippen LogP contribution in [0.25, 0.3) is 0 Å². The Labute approximate surface area is 179 Å². The smallest absolute Gasteiger partial charge is 0.213 e. The molecule has 1 N–H and O–H groups in total. The Bertz CT molecular complexity index is 660. The van der Waals surface area contributed by atoms with Crippen LogP contribution in [0.4, 0.5) is 0 Å². The van der Waals surface area contributed by atoms with Crippen LogP contribution in [-0.2, 0) is 16.6 Å². The van der Waals surface area contributed by atoms with Crippen LogP contribution in [0.3, 0.4) is 0 Å². The van der Waals surface area contributed by atoms with Crippen molar-refractivity contribution in [2.75, 3.05) is 59.1 Å². The molecule has 2 rings (SSSR count). The molecular formula is C16H31IN6O3S. The van der Waals surface area contributed by atoms with Crippen LogP contribution in [0.2, 0.25) is 0 Å². The third-order valence-electron chi connectivity index (χ3n) is 4.53. The highest BCUT2D eigenvalue weighted by Crippen LogP contribution is 2.07. The highest BCUT2D eigenvalue weighted by molar-refractivity contribution is 14.0. The van der Waals surface area contributed by atoms with Crippen molar-refractivity contribution in [3.63, 3.8) is 0 Å². The fourth-order valence-corrected chi connectivity index (χ4v) is 3.71. The molecule has 1 aliphatic heterocycles. The minimum atomic E-state index is -3.11. The lowest BCUT2D eigenvalue weighted by Crippen LogP contribution is -2.52.